The van der Waals surface area contributed by atoms with E-state index in [-0.39, 0.29) is 28.8 Å². The molecule has 4 aromatic rings. The number of piperidine rings is 1. The van der Waals surface area contributed by atoms with Gasteiger partial charge in [0.05, 0.1) is 11.8 Å². The van der Waals surface area contributed by atoms with E-state index in [0.717, 1.165) is 93.4 Å². The molecule has 2 bridgehead atoms. The molecule has 8 nitrogen and oxygen atoms in total. The summed E-state index contributed by atoms with van der Waals surface area (Å²) < 4.78 is 58.0. The minimum absolute atomic E-state index is 0.0253. The van der Waals surface area contributed by atoms with Crippen LogP contribution in [0.25, 0.3) is 21.1 Å². The van der Waals surface area contributed by atoms with E-state index in [4.69, 9.17) is 2.74 Å². The average Bonchev–Trinajstić information content (AvgIpc) is 3.70. The minimum Gasteiger partial charge on any atom is -0.367 e. The van der Waals surface area contributed by atoms with E-state index < -0.39 is 17.4 Å². The number of thiophene rings is 1. The largest absolute Gasteiger partial charge is 0.393 e. The fraction of sp³-hybridized carbons (Fsp3) is 0.556. The number of aryl methyl sites for hydroxylation is 2. The van der Waals surface area contributed by atoms with E-state index in [1.165, 1.54) is 17.2 Å². The third kappa shape index (κ3) is 5.83. The summed E-state index contributed by atoms with van der Waals surface area (Å²) in [7, 11) is 0. The highest BCUT2D eigenvalue weighted by molar-refractivity contribution is 7.18. The standard InChI is InChI=1S/C36H40F3N7OS/c1-3-30-42-31(28-13-26(14-36(37,38)39)48-33(28)43-30)41-24-8-10-45(11-9-24)16-23-6-7-29-27(21(23)2)12-25(15-40)46(29)20-34-17-35(18-34,19-34)44-32(47)22-4-5-22/h6-7,12-13,22,24H,3-5,8-11,14,16-20H2,1-2H3,(H,44,47)(H,41,42,43)/i14D2. The molecular weight excluding hydrogens is 636 g/mol. The van der Waals surface area contributed by atoms with Gasteiger partial charge in [-0.15, -0.1) is 11.3 Å². The van der Waals surface area contributed by atoms with Crippen LogP contribution in [-0.2, 0) is 30.7 Å². The zero-order valence-corrected chi connectivity index (χ0v) is 28.0. The first-order valence-corrected chi connectivity index (χ1v) is 17.7. The Labute approximate surface area is 284 Å². The van der Waals surface area contributed by atoms with Crippen LogP contribution in [0.15, 0.2) is 24.3 Å². The van der Waals surface area contributed by atoms with Crippen LogP contribution in [0.4, 0.5) is 19.0 Å². The van der Waals surface area contributed by atoms with Gasteiger partial charge in [0.15, 0.2) is 0 Å². The van der Waals surface area contributed by atoms with Gasteiger partial charge in [0, 0.05) is 68.6 Å². The summed E-state index contributed by atoms with van der Waals surface area (Å²) >= 11 is 0.730. The van der Waals surface area contributed by atoms with Crippen molar-refractivity contribution >= 4 is 44.2 Å². The first-order chi connectivity index (χ1) is 23.7. The number of hydrogen-bond donors (Lipinski definition) is 2. The van der Waals surface area contributed by atoms with E-state index >= 15 is 0 Å². The molecule has 12 heteroatoms. The van der Waals surface area contributed by atoms with Crippen LogP contribution in [0.2, 0.25) is 0 Å². The average molecular weight is 678 g/mol. The van der Waals surface area contributed by atoms with Crippen LogP contribution in [0.5, 0.6) is 0 Å². The van der Waals surface area contributed by atoms with E-state index in [2.05, 4.69) is 55.2 Å². The zero-order chi connectivity index (χ0) is 35.2. The molecule has 3 aromatic heterocycles. The van der Waals surface area contributed by atoms with Gasteiger partial charge in [0.25, 0.3) is 0 Å². The Morgan fingerprint density at radius 2 is 1.90 bits per heavy atom. The number of likely N-dealkylation sites (tertiary alicyclic amines) is 1. The van der Waals surface area contributed by atoms with Gasteiger partial charge in [-0.1, -0.05) is 13.0 Å². The lowest BCUT2D eigenvalue weighted by atomic mass is 9.39. The predicted molar refractivity (Wildman–Crippen MR) is 180 cm³/mol. The monoisotopic (exact) mass is 677 g/mol. The highest BCUT2D eigenvalue weighted by atomic mass is 32.1. The maximum Gasteiger partial charge on any atom is 0.393 e. The number of fused-ring (bicyclic) bond motifs is 2. The molecule has 4 heterocycles. The van der Waals surface area contributed by atoms with E-state index in [0.29, 0.717) is 34.0 Å². The van der Waals surface area contributed by atoms with E-state index in [1.54, 1.807) is 0 Å². The van der Waals surface area contributed by atoms with Crippen molar-refractivity contribution in [3.8, 4) is 6.07 Å². The number of hydrogen-bond acceptors (Lipinski definition) is 7. The molecule has 0 unspecified atom stereocenters. The molecule has 252 valence electrons. The molecule has 1 aliphatic heterocycles. The number of amides is 1. The van der Waals surface area contributed by atoms with Crippen molar-refractivity contribution in [1.29, 1.82) is 5.26 Å². The van der Waals surface area contributed by atoms with Crippen molar-refractivity contribution in [1.82, 2.24) is 24.8 Å². The summed E-state index contributed by atoms with van der Waals surface area (Å²) in [6, 6.07) is 10.1. The van der Waals surface area contributed by atoms with Crippen molar-refractivity contribution in [2.75, 3.05) is 18.4 Å². The Morgan fingerprint density at radius 3 is 2.56 bits per heavy atom. The number of nitriles is 1. The van der Waals surface area contributed by atoms with Crippen molar-refractivity contribution in [3.05, 3.63) is 51.8 Å². The highest BCUT2D eigenvalue weighted by Gasteiger charge is 2.68. The van der Waals surface area contributed by atoms with Crippen LogP contribution in [0, 0.1) is 29.6 Å². The van der Waals surface area contributed by atoms with E-state index in [1.807, 2.05) is 13.0 Å². The molecule has 0 atom stereocenters. The van der Waals surface area contributed by atoms with Gasteiger partial charge < -0.3 is 15.2 Å². The number of rotatable bonds is 10. The second-order valence-electron chi connectivity index (χ2n) is 14.6. The topological polar surface area (TPSA) is 98.9 Å². The SMILES string of the molecule is [2H]C([2H])(c1cc2c(NC3CCN(Cc4ccc5c(cc(C#N)n5CC56CC(NC(=O)C7CC7)(C5)C6)c4C)CC3)nc(CC)nc2s1)C(F)(F)F. The first-order valence-electron chi connectivity index (χ1n) is 17.9. The maximum atomic E-state index is 13.5. The van der Waals surface area contributed by atoms with Gasteiger partial charge in [0.1, 0.15) is 28.2 Å². The van der Waals surface area contributed by atoms with Crippen LogP contribution < -0.4 is 10.6 Å². The van der Waals surface area contributed by atoms with Crippen LogP contribution >= 0.6 is 11.3 Å². The molecule has 5 fully saturated rings. The van der Waals surface area contributed by atoms with E-state index in [9.17, 15) is 23.2 Å². The minimum atomic E-state index is -5.03. The van der Waals surface area contributed by atoms with Crippen LogP contribution in [0.1, 0.15) is 82.1 Å². The Kier molecular flexibility index (Phi) is 6.97. The second kappa shape index (κ2) is 11.4. The molecule has 0 radical (unpaired) electrons. The Hall–Kier alpha value is -3.69. The van der Waals surface area contributed by atoms with Gasteiger partial charge in [-0.05, 0) is 86.6 Å². The molecule has 48 heavy (non-hydrogen) atoms. The van der Waals surface area contributed by atoms with Crippen molar-refractivity contribution in [2.24, 2.45) is 11.3 Å². The third-order valence-corrected chi connectivity index (χ3v) is 11.8. The fourth-order valence-corrected chi connectivity index (χ4v) is 9.37. The molecule has 4 aliphatic carbocycles. The summed E-state index contributed by atoms with van der Waals surface area (Å²) in [5.74, 6) is 1.40. The number of aromatic nitrogens is 3. The number of anilines is 1. The molecule has 4 saturated carbocycles. The number of nitrogens with one attached hydrogen (secondary N) is 2. The zero-order valence-electron chi connectivity index (χ0n) is 29.1. The normalized spacial score (nSPS) is 25.2. The molecule has 1 saturated heterocycles. The molecule has 0 spiro atoms. The lowest BCUT2D eigenvalue weighted by Gasteiger charge is -2.71. The number of carbonyl (C=O) groups excluding carboxylic acids is 1. The van der Waals surface area contributed by atoms with Gasteiger partial charge in [-0.3, -0.25) is 9.69 Å². The Bertz CT molecular complexity index is 2040. The molecule has 1 aromatic carbocycles. The van der Waals surface area contributed by atoms with Gasteiger partial charge in [-0.2, -0.15) is 18.4 Å². The molecule has 5 aliphatic rings. The number of alkyl halides is 3. The van der Waals surface area contributed by atoms with Gasteiger partial charge in [-0.25, -0.2) is 9.97 Å². The van der Waals surface area contributed by atoms with Crippen LogP contribution in [0.3, 0.4) is 0 Å². The number of halogens is 3. The number of benzene rings is 1. The molecule has 9 rings (SSSR count). The lowest BCUT2D eigenvalue weighted by Crippen LogP contribution is -2.75. The Morgan fingerprint density at radius 1 is 1.15 bits per heavy atom. The quantitative estimate of drug-likeness (QED) is 0.187. The molecule has 1 amide bonds. The van der Waals surface area contributed by atoms with Crippen LogP contribution in [-0.4, -0.2) is 56.2 Å². The van der Waals surface area contributed by atoms with Crippen molar-refractivity contribution in [3.63, 3.8) is 0 Å². The predicted octanol–water partition coefficient (Wildman–Crippen LogP) is 7.02. The summed E-state index contributed by atoms with van der Waals surface area (Å²) in [6.45, 7) is 7.21. The number of nitrogens with zero attached hydrogens (tertiary/aromatic N) is 5. The summed E-state index contributed by atoms with van der Waals surface area (Å²) in [5.41, 5.74) is 4.26. The van der Waals surface area contributed by atoms with Crippen molar-refractivity contribution in [2.45, 2.75) is 102 Å². The smallest absolute Gasteiger partial charge is 0.367 e. The number of carbonyl (C=O) groups is 1. The molecule has 2 N–H and O–H groups in total. The molecular formula is C36H40F3N7OS. The van der Waals surface area contributed by atoms with Gasteiger partial charge in [0.2, 0.25) is 5.91 Å². The summed E-state index contributed by atoms with van der Waals surface area (Å²) in [4.78, 5) is 23.7. The Balaban J connectivity index is 0.924. The first kappa shape index (κ1) is 29.2. The summed E-state index contributed by atoms with van der Waals surface area (Å²) in [6.07, 6.45) is -1.40. The third-order valence-electron chi connectivity index (χ3n) is 10.9. The highest BCUT2D eigenvalue weighted by Crippen LogP contribution is 2.68. The second-order valence-corrected chi connectivity index (χ2v) is 15.6. The maximum absolute atomic E-state index is 13.5. The summed E-state index contributed by atoms with van der Waals surface area (Å²) in [5, 5.41) is 18.3. The fourth-order valence-electron chi connectivity index (χ4n) is 8.40. The van der Waals surface area contributed by atoms with Gasteiger partial charge >= 0.3 is 6.18 Å². The lowest BCUT2D eigenvalue weighted by molar-refractivity contribution is -0.172. The van der Waals surface area contributed by atoms with Crippen molar-refractivity contribution < 1.29 is 20.7 Å².